The zero-order valence-electron chi connectivity index (χ0n) is 9.04. The zero-order chi connectivity index (χ0) is 12.5. The van der Waals surface area contributed by atoms with E-state index in [4.69, 9.17) is 0 Å². The maximum Gasteiger partial charge on any atom is 0.451 e. The molecule has 0 aromatic carbocycles. The summed E-state index contributed by atoms with van der Waals surface area (Å²) in [6.45, 7) is 1.24. The van der Waals surface area contributed by atoms with Crippen LogP contribution >= 0.6 is 12.4 Å². The van der Waals surface area contributed by atoms with Crippen LogP contribution in [0.5, 0.6) is 0 Å². The summed E-state index contributed by atoms with van der Waals surface area (Å²) in [6.07, 6.45) is -3.94. The number of nitrogens with zero attached hydrogens (tertiary/aromatic N) is 2. The van der Waals surface area contributed by atoms with Crippen molar-refractivity contribution in [2.24, 2.45) is 5.92 Å². The van der Waals surface area contributed by atoms with Crippen LogP contribution in [0.25, 0.3) is 0 Å². The van der Waals surface area contributed by atoms with Crippen LogP contribution in [0.4, 0.5) is 19.1 Å². The Labute approximate surface area is 106 Å². The fraction of sp³-hybridized carbons (Fsp3) is 0.625. The van der Waals surface area contributed by atoms with E-state index in [2.05, 4.69) is 20.7 Å². The lowest BCUT2D eigenvalue weighted by Crippen LogP contribution is -2.25. The first kappa shape index (κ1) is 14.7. The third-order valence-electron chi connectivity index (χ3n) is 2.42. The number of H-pyrrole nitrogens is 1. The average Bonchev–Trinajstić information content (AvgIpc) is 2.85. The Bertz CT molecular complexity index is 415. The van der Waals surface area contributed by atoms with Crippen LogP contribution in [0.1, 0.15) is 12.2 Å². The van der Waals surface area contributed by atoms with Gasteiger partial charge in [0.05, 0.1) is 5.92 Å². The van der Waals surface area contributed by atoms with Gasteiger partial charge in [-0.05, 0) is 13.0 Å². The summed E-state index contributed by atoms with van der Waals surface area (Å²) < 4.78 is 36.5. The number of carbonyl (C=O) groups is 1. The fourth-order valence-electron chi connectivity index (χ4n) is 1.54. The van der Waals surface area contributed by atoms with Crippen LogP contribution < -0.4 is 10.6 Å². The molecule has 1 aromatic heterocycles. The number of hydrogen-bond acceptors (Lipinski definition) is 4. The molecule has 1 saturated heterocycles. The highest BCUT2D eigenvalue weighted by atomic mass is 35.5. The van der Waals surface area contributed by atoms with Gasteiger partial charge in [-0.3, -0.25) is 15.2 Å². The highest BCUT2D eigenvalue weighted by molar-refractivity contribution is 5.91. The quantitative estimate of drug-likeness (QED) is 0.750. The van der Waals surface area contributed by atoms with Crippen LogP contribution in [0, 0.1) is 5.92 Å². The molecule has 2 heterocycles. The van der Waals surface area contributed by atoms with E-state index in [1.165, 1.54) is 0 Å². The minimum absolute atomic E-state index is 0. The highest BCUT2D eigenvalue weighted by Gasteiger charge is 2.35. The Balaban J connectivity index is 0.00000162. The lowest BCUT2D eigenvalue weighted by atomic mass is 10.1. The monoisotopic (exact) mass is 285 g/mol. The smallest absolute Gasteiger partial charge is 0.316 e. The predicted molar refractivity (Wildman–Crippen MR) is 58.2 cm³/mol. The molecule has 0 spiro atoms. The molecule has 1 aliphatic heterocycles. The van der Waals surface area contributed by atoms with E-state index in [-0.39, 0.29) is 30.2 Å². The number of anilines is 1. The summed E-state index contributed by atoms with van der Waals surface area (Å²) in [5, 5.41) is 10.2. The topological polar surface area (TPSA) is 82.7 Å². The van der Waals surface area contributed by atoms with Gasteiger partial charge in [0.25, 0.3) is 0 Å². The number of aromatic amines is 1. The van der Waals surface area contributed by atoms with Crippen molar-refractivity contribution in [3.05, 3.63) is 5.82 Å². The van der Waals surface area contributed by atoms with Crippen molar-refractivity contribution in [3.63, 3.8) is 0 Å². The second kappa shape index (κ2) is 5.53. The molecule has 10 heteroatoms. The third-order valence-corrected chi connectivity index (χ3v) is 2.42. The molecule has 2 rings (SSSR count). The molecule has 6 nitrogen and oxygen atoms in total. The number of nitrogens with one attached hydrogen (secondary N) is 3. The van der Waals surface area contributed by atoms with Crippen molar-refractivity contribution in [1.29, 1.82) is 0 Å². The van der Waals surface area contributed by atoms with Gasteiger partial charge in [0.15, 0.2) is 0 Å². The Hall–Kier alpha value is -1.35. The summed E-state index contributed by atoms with van der Waals surface area (Å²) in [5.41, 5.74) is 0. The number of carbonyl (C=O) groups excluding carboxylic acids is 1. The molecule has 1 unspecified atom stereocenters. The Morgan fingerprint density at radius 3 is 2.67 bits per heavy atom. The largest absolute Gasteiger partial charge is 0.451 e. The van der Waals surface area contributed by atoms with Gasteiger partial charge in [0.2, 0.25) is 17.7 Å². The molecule has 0 radical (unpaired) electrons. The summed E-state index contributed by atoms with van der Waals surface area (Å²) in [7, 11) is 0. The summed E-state index contributed by atoms with van der Waals surface area (Å²) in [5.74, 6) is -2.20. The summed E-state index contributed by atoms with van der Waals surface area (Å²) in [6, 6.07) is 0. The Kier molecular flexibility index (Phi) is 4.52. The second-order valence-electron chi connectivity index (χ2n) is 3.68. The van der Waals surface area contributed by atoms with Crippen LogP contribution in [0.3, 0.4) is 0 Å². The molecule has 1 fully saturated rings. The normalized spacial score (nSPS) is 19.4. The molecule has 0 aliphatic carbocycles. The van der Waals surface area contributed by atoms with E-state index in [0.29, 0.717) is 13.0 Å². The van der Waals surface area contributed by atoms with E-state index in [1.807, 2.05) is 0 Å². The standard InChI is InChI=1S/C8H10F3N5O.ClH/c9-8(10,11)6-14-7(16-15-6)13-5(17)4-1-2-12-3-4;/h4,12H,1-3H2,(H2,13,14,15,16,17);1H. The van der Waals surface area contributed by atoms with Crippen molar-refractivity contribution in [2.75, 3.05) is 18.4 Å². The first-order chi connectivity index (χ1) is 7.97. The van der Waals surface area contributed by atoms with Crippen LogP contribution in [0.2, 0.25) is 0 Å². The van der Waals surface area contributed by atoms with E-state index in [1.54, 1.807) is 5.10 Å². The Morgan fingerprint density at radius 2 is 2.17 bits per heavy atom. The fourth-order valence-corrected chi connectivity index (χ4v) is 1.54. The van der Waals surface area contributed by atoms with Crippen LogP contribution in [0.15, 0.2) is 0 Å². The summed E-state index contributed by atoms with van der Waals surface area (Å²) in [4.78, 5) is 14.7. The van der Waals surface area contributed by atoms with Crippen molar-refractivity contribution in [2.45, 2.75) is 12.6 Å². The number of rotatable bonds is 2. The van der Waals surface area contributed by atoms with Gasteiger partial charge in [-0.2, -0.15) is 18.2 Å². The maximum absolute atomic E-state index is 12.2. The molecule has 18 heavy (non-hydrogen) atoms. The molecule has 3 N–H and O–H groups in total. The number of hydrogen-bond donors (Lipinski definition) is 3. The van der Waals surface area contributed by atoms with Gasteiger partial charge in [-0.25, -0.2) is 0 Å². The first-order valence-corrected chi connectivity index (χ1v) is 4.98. The molecule has 1 aromatic rings. The first-order valence-electron chi connectivity index (χ1n) is 4.98. The van der Waals surface area contributed by atoms with E-state index in [9.17, 15) is 18.0 Å². The van der Waals surface area contributed by atoms with Crippen LogP contribution in [-0.4, -0.2) is 34.2 Å². The van der Waals surface area contributed by atoms with Crippen molar-refractivity contribution < 1.29 is 18.0 Å². The zero-order valence-corrected chi connectivity index (χ0v) is 9.86. The second-order valence-corrected chi connectivity index (χ2v) is 3.68. The van der Waals surface area contributed by atoms with Gasteiger partial charge >= 0.3 is 6.18 Å². The van der Waals surface area contributed by atoms with Gasteiger partial charge in [-0.15, -0.1) is 17.5 Å². The molecule has 1 aliphatic rings. The molecule has 102 valence electrons. The molecular weight excluding hydrogens is 275 g/mol. The van der Waals surface area contributed by atoms with Gasteiger partial charge in [0.1, 0.15) is 0 Å². The SMILES string of the molecule is Cl.O=C(Nc1n[nH]c(C(F)(F)F)n1)C1CCNC1. The molecule has 0 bridgehead atoms. The summed E-state index contributed by atoms with van der Waals surface area (Å²) >= 11 is 0. The van der Waals surface area contributed by atoms with Crippen molar-refractivity contribution in [3.8, 4) is 0 Å². The maximum atomic E-state index is 12.2. The number of aromatic nitrogens is 3. The minimum atomic E-state index is -4.59. The van der Waals surface area contributed by atoms with E-state index < -0.39 is 12.0 Å². The highest BCUT2D eigenvalue weighted by Crippen LogP contribution is 2.26. The lowest BCUT2D eigenvalue weighted by molar-refractivity contribution is -0.144. The molecule has 1 atom stereocenters. The van der Waals surface area contributed by atoms with Gasteiger partial charge in [-0.1, -0.05) is 0 Å². The van der Waals surface area contributed by atoms with E-state index in [0.717, 1.165) is 6.54 Å². The Morgan fingerprint density at radius 1 is 1.44 bits per heavy atom. The number of alkyl halides is 3. The third kappa shape index (κ3) is 3.33. The number of amides is 1. The number of halogens is 4. The molecule has 0 saturated carbocycles. The van der Waals surface area contributed by atoms with Gasteiger partial charge < -0.3 is 5.32 Å². The molecule has 1 amide bonds. The predicted octanol–water partition coefficient (Wildman–Crippen LogP) is 0.793. The van der Waals surface area contributed by atoms with Crippen LogP contribution in [-0.2, 0) is 11.0 Å². The minimum Gasteiger partial charge on any atom is -0.316 e. The van der Waals surface area contributed by atoms with Crippen molar-refractivity contribution >= 4 is 24.3 Å². The molecular formula is C8H11ClF3N5O. The van der Waals surface area contributed by atoms with Gasteiger partial charge in [0, 0.05) is 6.54 Å². The van der Waals surface area contributed by atoms with E-state index >= 15 is 0 Å². The lowest BCUT2D eigenvalue weighted by Gasteiger charge is -2.06. The van der Waals surface area contributed by atoms with Crippen molar-refractivity contribution in [1.82, 2.24) is 20.5 Å². The average molecular weight is 286 g/mol.